The average Bonchev–Trinajstić information content (AvgIpc) is 2.68. The van der Waals surface area contributed by atoms with Gasteiger partial charge in [-0.05, 0) is 25.0 Å². The standard InChI is InChI=1S/C18H30O10S2/c1-5-9-13-25-29(21,22)17(7-3)27-15(19)11-12-16(20)28-18(8-4)30(23,24)26-14-10-6-2/h7-8,17-18H,3-6,9-14H2,1-2H3. The zero-order chi connectivity index (χ0) is 23.2. The number of hydrogen-bond donors (Lipinski definition) is 0. The molecule has 0 saturated heterocycles. The first-order valence-corrected chi connectivity index (χ1v) is 12.4. The normalized spacial score (nSPS) is 13.8. The number of esters is 2. The van der Waals surface area contributed by atoms with Crippen LogP contribution < -0.4 is 0 Å². The van der Waals surface area contributed by atoms with Crippen LogP contribution in [-0.4, -0.2) is 52.9 Å². The Morgan fingerprint density at radius 1 is 0.767 bits per heavy atom. The van der Waals surface area contributed by atoms with E-state index in [1.165, 1.54) is 0 Å². The second-order valence-electron chi connectivity index (χ2n) is 6.02. The van der Waals surface area contributed by atoms with Gasteiger partial charge in [0.15, 0.2) is 0 Å². The van der Waals surface area contributed by atoms with Crippen molar-refractivity contribution in [2.75, 3.05) is 13.2 Å². The molecule has 12 heteroatoms. The fourth-order valence-corrected chi connectivity index (χ4v) is 3.69. The molecule has 0 bridgehead atoms. The second kappa shape index (κ2) is 14.3. The molecule has 10 nitrogen and oxygen atoms in total. The Labute approximate surface area is 178 Å². The molecule has 0 aliphatic rings. The number of ether oxygens (including phenoxy) is 2. The van der Waals surface area contributed by atoms with Crippen molar-refractivity contribution in [1.82, 2.24) is 0 Å². The van der Waals surface area contributed by atoms with Crippen LogP contribution in [0.3, 0.4) is 0 Å². The molecule has 0 radical (unpaired) electrons. The average molecular weight is 471 g/mol. The van der Waals surface area contributed by atoms with E-state index in [9.17, 15) is 26.4 Å². The SMILES string of the molecule is C=CC(OC(=O)CCC(=O)OC(C=C)S(=O)(=O)OCCCC)S(=O)(=O)OCCCC. The third-order valence-electron chi connectivity index (χ3n) is 3.47. The first-order valence-electron chi connectivity index (χ1n) is 9.44. The maximum absolute atomic E-state index is 12.0. The summed E-state index contributed by atoms with van der Waals surface area (Å²) in [5, 5.41) is 0. The molecule has 0 heterocycles. The molecule has 30 heavy (non-hydrogen) atoms. The highest BCUT2D eigenvalue weighted by Gasteiger charge is 2.29. The van der Waals surface area contributed by atoms with Gasteiger partial charge in [-0.1, -0.05) is 39.8 Å². The number of rotatable bonds is 17. The van der Waals surface area contributed by atoms with Gasteiger partial charge in [-0.15, -0.1) is 0 Å². The van der Waals surface area contributed by atoms with Crippen molar-refractivity contribution in [3.05, 3.63) is 25.3 Å². The highest BCUT2D eigenvalue weighted by Crippen LogP contribution is 2.13. The first kappa shape index (κ1) is 28.2. The largest absolute Gasteiger partial charge is 0.439 e. The summed E-state index contributed by atoms with van der Waals surface area (Å²) >= 11 is 0. The topological polar surface area (TPSA) is 139 Å². The van der Waals surface area contributed by atoms with Gasteiger partial charge >= 0.3 is 32.2 Å². The molecule has 0 aromatic rings. The smallest absolute Gasteiger partial charge is 0.309 e. The first-order chi connectivity index (χ1) is 14.0. The van der Waals surface area contributed by atoms with Gasteiger partial charge in [0.25, 0.3) is 0 Å². The van der Waals surface area contributed by atoms with Gasteiger partial charge in [0.05, 0.1) is 26.1 Å². The number of carbonyl (C=O) groups excluding carboxylic acids is 2. The van der Waals surface area contributed by atoms with Gasteiger partial charge in [0.1, 0.15) is 0 Å². The van der Waals surface area contributed by atoms with E-state index in [4.69, 9.17) is 17.8 Å². The summed E-state index contributed by atoms with van der Waals surface area (Å²) in [5.41, 5.74) is -3.46. The third-order valence-corrected chi connectivity index (χ3v) is 6.18. The van der Waals surface area contributed by atoms with Gasteiger partial charge in [0.2, 0.25) is 10.9 Å². The Morgan fingerprint density at radius 3 is 1.37 bits per heavy atom. The van der Waals surface area contributed by atoms with Crippen molar-refractivity contribution >= 4 is 32.2 Å². The predicted octanol–water partition coefficient (Wildman–Crippen LogP) is 2.17. The van der Waals surface area contributed by atoms with Gasteiger partial charge in [-0.25, -0.2) is 0 Å². The van der Waals surface area contributed by atoms with E-state index in [0.29, 0.717) is 25.7 Å². The molecular weight excluding hydrogens is 440 g/mol. The Bertz CT molecular complexity index is 705. The van der Waals surface area contributed by atoms with Crippen LogP contribution in [0.4, 0.5) is 0 Å². The summed E-state index contributed by atoms with van der Waals surface area (Å²) in [5.74, 6) is -2.06. The maximum Gasteiger partial charge on any atom is 0.309 e. The van der Waals surface area contributed by atoms with E-state index in [-0.39, 0.29) is 13.2 Å². The molecule has 0 fully saturated rings. The lowest BCUT2D eigenvalue weighted by Gasteiger charge is -2.16. The second-order valence-corrected chi connectivity index (χ2v) is 9.40. The van der Waals surface area contributed by atoms with Gasteiger partial charge in [-0.3, -0.25) is 18.0 Å². The minimum absolute atomic E-state index is 0.0647. The molecule has 2 atom stereocenters. The Balaban J connectivity index is 4.69. The summed E-state index contributed by atoms with van der Waals surface area (Å²) in [6.07, 6.45) is 3.08. The van der Waals surface area contributed by atoms with Gasteiger partial charge < -0.3 is 9.47 Å². The van der Waals surface area contributed by atoms with Crippen LogP contribution in [0.15, 0.2) is 25.3 Å². The fourth-order valence-electron chi connectivity index (χ4n) is 1.80. The quantitative estimate of drug-likeness (QED) is 0.134. The lowest BCUT2D eigenvalue weighted by atomic mass is 10.3. The molecule has 0 aliphatic carbocycles. The van der Waals surface area contributed by atoms with E-state index >= 15 is 0 Å². The summed E-state index contributed by atoms with van der Waals surface area (Å²) in [4.78, 5) is 23.7. The van der Waals surface area contributed by atoms with Crippen LogP contribution in [0, 0.1) is 0 Å². The zero-order valence-corrected chi connectivity index (χ0v) is 18.9. The van der Waals surface area contributed by atoms with Crippen LogP contribution in [-0.2, 0) is 47.7 Å². The van der Waals surface area contributed by atoms with Crippen LogP contribution >= 0.6 is 0 Å². The van der Waals surface area contributed by atoms with Crippen LogP contribution in [0.2, 0.25) is 0 Å². The Morgan fingerprint density at radius 2 is 1.10 bits per heavy atom. The zero-order valence-electron chi connectivity index (χ0n) is 17.3. The van der Waals surface area contributed by atoms with Crippen molar-refractivity contribution in [2.24, 2.45) is 0 Å². The predicted molar refractivity (Wildman–Crippen MR) is 109 cm³/mol. The van der Waals surface area contributed by atoms with Crippen molar-refractivity contribution in [1.29, 1.82) is 0 Å². The molecule has 0 N–H and O–H groups in total. The number of hydrogen-bond acceptors (Lipinski definition) is 10. The monoisotopic (exact) mass is 470 g/mol. The Kier molecular flexibility index (Phi) is 13.4. The van der Waals surface area contributed by atoms with Crippen LogP contribution in [0.25, 0.3) is 0 Å². The number of carbonyl (C=O) groups is 2. The molecule has 0 aromatic carbocycles. The molecule has 0 saturated carbocycles. The van der Waals surface area contributed by atoms with Crippen molar-refractivity contribution in [2.45, 2.75) is 63.2 Å². The van der Waals surface area contributed by atoms with E-state index in [1.807, 2.05) is 13.8 Å². The number of unbranched alkanes of at least 4 members (excludes halogenated alkanes) is 2. The highest BCUT2D eigenvalue weighted by atomic mass is 32.2. The van der Waals surface area contributed by atoms with Gasteiger partial charge in [-0.2, -0.15) is 16.8 Å². The highest BCUT2D eigenvalue weighted by molar-refractivity contribution is 7.87. The Hall–Kier alpha value is -1.76. The molecular formula is C18H30O10S2. The van der Waals surface area contributed by atoms with Crippen LogP contribution in [0.1, 0.15) is 52.4 Å². The van der Waals surface area contributed by atoms with E-state index in [2.05, 4.69) is 13.2 Å². The summed E-state index contributed by atoms with van der Waals surface area (Å²) in [6, 6.07) is 0. The molecule has 174 valence electrons. The fraction of sp³-hybridized carbons (Fsp3) is 0.667. The summed E-state index contributed by atoms with van der Waals surface area (Å²) < 4.78 is 66.8. The van der Waals surface area contributed by atoms with E-state index in [1.54, 1.807) is 0 Å². The molecule has 0 aliphatic heterocycles. The molecule has 0 rings (SSSR count). The lowest BCUT2D eigenvalue weighted by molar-refractivity contribution is -0.150. The van der Waals surface area contributed by atoms with Crippen LogP contribution in [0.5, 0.6) is 0 Å². The molecule has 2 unspecified atom stereocenters. The maximum atomic E-state index is 12.0. The lowest BCUT2D eigenvalue weighted by Crippen LogP contribution is -2.29. The minimum Gasteiger partial charge on any atom is -0.439 e. The van der Waals surface area contributed by atoms with E-state index < -0.39 is 55.9 Å². The van der Waals surface area contributed by atoms with Gasteiger partial charge in [0, 0.05) is 0 Å². The third kappa shape index (κ3) is 10.9. The molecule has 0 spiro atoms. The summed E-state index contributed by atoms with van der Waals surface area (Å²) in [6.45, 7) is 10.1. The molecule has 0 amide bonds. The minimum atomic E-state index is -4.22. The van der Waals surface area contributed by atoms with E-state index in [0.717, 1.165) is 12.2 Å². The van der Waals surface area contributed by atoms with Crippen molar-refractivity contribution < 1.29 is 44.3 Å². The van der Waals surface area contributed by atoms with Crippen molar-refractivity contribution in [3.63, 3.8) is 0 Å². The molecule has 0 aromatic heterocycles. The van der Waals surface area contributed by atoms with Crippen molar-refractivity contribution in [3.8, 4) is 0 Å². The summed E-state index contributed by atoms with van der Waals surface area (Å²) in [7, 11) is -8.44.